The lowest BCUT2D eigenvalue weighted by Gasteiger charge is -2.30. The summed E-state index contributed by atoms with van der Waals surface area (Å²) < 4.78 is 0. The number of amides is 2. The fourth-order valence-electron chi connectivity index (χ4n) is 2.01. The largest absolute Gasteiger partial charge is 0.335 e. The predicted molar refractivity (Wildman–Crippen MR) is 66.5 cm³/mol. The highest BCUT2D eigenvalue weighted by molar-refractivity contribution is 5.74. The monoisotopic (exact) mass is 227 g/mol. The second-order valence-corrected chi connectivity index (χ2v) is 5.74. The molecule has 3 N–H and O–H groups in total. The topological polar surface area (TPSA) is 53.2 Å². The van der Waals surface area contributed by atoms with E-state index in [9.17, 15) is 4.79 Å². The van der Waals surface area contributed by atoms with Crippen LogP contribution in [0.2, 0.25) is 0 Å². The van der Waals surface area contributed by atoms with Crippen LogP contribution in [0.3, 0.4) is 0 Å². The molecular weight excluding hydrogens is 202 g/mol. The van der Waals surface area contributed by atoms with Gasteiger partial charge in [-0.25, -0.2) is 4.79 Å². The van der Waals surface area contributed by atoms with Gasteiger partial charge in [0.05, 0.1) is 0 Å². The van der Waals surface area contributed by atoms with Gasteiger partial charge >= 0.3 is 6.03 Å². The van der Waals surface area contributed by atoms with Crippen molar-refractivity contribution < 1.29 is 4.79 Å². The molecule has 1 aliphatic heterocycles. The molecule has 1 saturated heterocycles. The quantitative estimate of drug-likeness (QED) is 0.669. The van der Waals surface area contributed by atoms with E-state index in [1.807, 2.05) is 20.8 Å². The number of hydrogen-bond acceptors (Lipinski definition) is 2. The Bertz CT molecular complexity index is 229. The normalized spacial score (nSPS) is 23.6. The summed E-state index contributed by atoms with van der Waals surface area (Å²) in [5, 5.41) is 9.30. The summed E-state index contributed by atoms with van der Waals surface area (Å²) in [4.78, 5) is 11.7. The van der Waals surface area contributed by atoms with Gasteiger partial charge in [0, 0.05) is 11.6 Å². The van der Waals surface area contributed by atoms with Crippen LogP contribution in [0.4, 0.5) is 4.79 Å². The van der Waals surface area contributed by atoms with Crippen LogP contribution in [0.1, 0.15) is 40.5 Å². The number of carbonyl (C=O) groups excluding carboxylic acids is 1. The molecule has 0 bridgehead atoms. The molecule has 0 aromatic carbocycles. The minimum Gasteiger partial charge on any atom is -0.335 e. The number of nitrogens with one attached hydrogen (secondary N) is 3. The van der Waals surface area contributed by atoms with Crippen molar-refractivity contribution in [1.29, 1.82) is 0 Å². The number of urea groups is 1. The molecule has 0 spiro atoms. The van der Waals surface area contributed by atoms with Crippen LogP contribution in [-0.4, -0.2) is 30.7 Å². The summed E-state index contributed by atoms with van der Waals surface area (Å²) in [6.07, 6.45) is 2.40. The molecule has 4 nitrogen and oxygen atoms in total. The highest BCUT2D eigenvalue weighted by Crippen LogP contribution is 2.14. The molecule has 2 atom stereocenters. The zero-order chi connectivity index (χ0) is 12.2. The Hall–Kier alpha value is -0.770. The second kappa shape index (κ2) is 5.53. The summed E-state index contributed by atoms with van der Waals surface area (Å²) in [6.45, 7) is 10.2. The van der Waals surface area contributed by atoms with E-state index in [-0.39, 0.29) is 17.6 Å². The Labute approximate surface area is 98.6 Å². The van der Waals surface area contributed by atoms with Crippen molar-refractivity contribution in [1.82, 2.24) is 16.0 Å². The van der Waals surface area contributed by atoms with E-state index < -0.39 is 0 Å². The third kappa shape index (κ3) is 4.84. The van der Waals surface area contributed by atoms with E-state index in [1.54, 1.807) is 0 Å². The van der Waals surface area contributed by atoms with Crippen LogP contribution < -0.4 is 16.0 Å². The van der Waals surface area contributed by atoms with E-state index in [0.717, 1.165) is 13.1 Å². The summed E-state index contributed by atoms with van der Waals surface area (Å²) in [5.41, 5.74) is -0.172. The number of carbonyl (C=O) groups is 1. The fraction of sp³-hybridized carbons (Fsp3) is 0.917. The van der Waals surface area contributed by atoms with Crippen molar-refractivity contribution in [3.63, 3.8) is 0 Å². The van der Waals surface area contributed by atoms with Gasteiger partial charge in [0.25, 0.3) is 0 Å². The zero-order valence-corrected chi connectivity index (χ0v) is 10.9. The van der Waals surface area contributed by atoms with Gasteiger partial charge in [-0.2, -0.15) is 0 Å². The number of rotatable bonds is 2. The second-order valence-electron chi connectivity index (χ2n) is 5.74. The van der Waals surface area contributed by atoms with Crippen molar-refractivity contribution in [2.45, 2.75) is 52.1 Å². The van der Waals surface area contributed by atoms with Crippen LogP contribution in [0.5, 0.6) is 0 Å². The zero-order valence-electron chi connectivity index (χ0n) is 10.9. The predicted octanol–water partition coefficient (Wildman–Crippen LogP) is 1.47. The smallest absolute Gasteiger partial charge is 0.315 e. The number of hydrogen-bond donors (Lipinski definition) is 3. The highest BCUT2D eigenvalue weighted by atomic mass is 16.2. The first kappa shape index (κ1) is 13.3. The molecule has 2 amide bonds. The van der Waals surface area contributed by atoms with E-state index in [2.05, 4.69) is 22.9 Å². The highest BCUT2D eigenvalue weighted by Gasteiger charge is 2.22. The molecule has 1 aliphatic rings. The lowest BCUT2D eigenvalue weighted by Crippen LogP contribution is -2.52. The minimum atomic E-state index is -0.172. The van der Waals surface area contributed by atoms with Crippen LogP contribution in [0.15, 0.2) is 0 Å². The Morgan fingerprint density at radius 3 is 2.62 bits per heavy atom. The molecular formula is C12H25N3O. The molecule has 94 valence electrons. The molecule has 0 saturated carbocycles. The number of piperidine rings is 1. The van der Waals surface area contributed by atoms with Gasteiger partial charge in [-0.05, 0) is 59.5 Å². The van der Waals surface area contributed by atoms with Gasteiger partial charge in [0.1, 0.15) is 0 Å². The molecule has 0 aromatic rings. The maximum atomic E-state index is 11.7. The first-order valence-corrected chi connectivity index (χ1v) is 6.18. The minimum absolute atomic E-state index is 0.0643. The van der Waals surface area contributed by atoms with Gasteiger partial charge in [-0.15, -0.1) is 0 Å². The van der Waals surface area contributed by atoms with Gasteiger partial charge < -0.3 is 16.0 Å². The first-order valence-electron chi connectivity index (χ1n) is 6.18. The molecule has 0 aliphatic carbocycles. The fourth-order valence-corrected chi connectivity index (χ4v) is 2.01. The standard InChI is InChI=1S/C12H25N3O/c1-9(10-6-5-7-13-8-10)14-11(16)15-12(2,3)4/h9-10,13H,5-8H2,1-4H3,(H2,14,15,16). The Kier molecular flexibility index (Phi) is 4.59. The third-order valence-corrected chi connectivity index (χ3v) is 2.89. The van der Waals surface area contributed by atoms with Gasteiger partial charge in [0.2, 0.25) is 0 Å². The van der Waals surface area contributed by atoms with Crippen LogP contribution >= 0.6 is 0 Å². The molecule has 1 rings (SSSR count). The van der Waals surface area contributed by atoms with Gasteiger partial charge in [0.15, 0.2) is 0 Å². The molecule has 16 heavy (non-hydrogen) atoms. The van der Waals surface area contributed by atoms with Crippen molar-refractivity contribution in [3.8, 4) is 0 Å². The van der Waals surface area contributed by atoms with Crippen LogP contribution in [0, 0.1) is 5.92 Å². The summed E-state index contributed by atoms with van der Waals surface area (Å²) in [5.74, 6) is 0.555. The summed E-state index contributed by atoms with van der Waals surface area (Å²) in [7, 11) is 0. The third-order valence-electron chi connectivity index (χ3n) is 2.89. The Morgan fingerprint density at radius 1 is 1.44 bits per heavy atom. The van der Waals surface area contributed by atoms with E-state index in [1.165, 1.54) is 12.8 Å². The van der Waals surface area contributed by atoms with Crippen molar-refractivity contribution >= 4 is 6.03 Å². The molecule has 0 aromatic heterocycles. The average molecular weight is 227 g/mol. The lowest BCUT2D eigenvalue weighted by atomic mass is 9.93. The van der Waals surface area contributed by atoms with Gasteiger partial charge in [-0.1, -0.05) is 0 Å². The van der Waals surface area contributed by atoms with Crippen molar-refractivity contribution in [3.05, 3.63) is 0 Å². The molecule has 4 heteroatoms. The Balaban J connectivity index is 2.32. The summed E-state index contributed by atoms with van der Waals surface area (Å²) >= 11 is 0. The van der Waals surface area contributed by atoms with E-state index >= 15 is 0 Å². The SMILES string of the molecule is CC(NC(=O)NC(C)(C)C)C1CCCNC1. The maximum Gasteiger partial charge on any atom is 0.315 e. The Morgan fingerprint density at radius 2 is 2.12 bits per heavy atom. The van der Waals surface area contributed by atoms with Crippen LogP contribution in [0.25, 0.3) is 0 Å². The van der Waals surface area contributed by atoms with Gasteiger partial charge in [-0.3, -0.25) is 0 Å². The maximum absolute atomic E-state index is 11.7. The molecule has 2 unspecified atom stereocenters. The lowest BCUT2D eigenvalue weighted by molar-refractivity contribution is 0.219. The first-order chi connectivity index (χ1) is 7.38. The van der Waals surface area contributed by atoms with Crippen molar-refractivity contribution in [2.75, 3.05) is 13.1 Å². The summed E-state index contributed by atoms with van der Waals surface area (Å²) in [6, 6.07) is 0.167. The molecule has 0 radical (unpaired) electrons. The molecule has 1 heterocycles. The molecule has 1 fully saturated rings. The van der Waals surface area contributed by atoms with Crippen LogP contribution in [-0.2, 0) is 0 Å². The van der Waals surface area contributed by atoms with Crippen molar-refractivity contribution in [2.24, 2.45) is 5.92 Å². The van der Waals surface area contributed by atoms with E-state index in [0.29, 0.717) is 5.92 Å². The average Bonchev–Trinajstić information content (AvgIpc) is 2.16. The van der Waals surface area contributed by atoms with E-state index in [4.69, 9.17) is 0 Å².